The third kappa shape index (κ3) is 1.17. The zero-order valence-electron chi connectivity index (χ0n) is 5.91. The zero-order chi connectivity index (χ0) is 8.55. The second kappa shape index (κ2) is 2.76. The van der Waals surface area contributed by atoms with Gasteiger partial charge >= 0.3 is 0 Å². The van der Waals surface area contributed by atoms with Crippen LogP contribution < -0.4 is 5.73 Å². The Kier molecular flexibility index (Phi) is 1.74. The molecule has 0 saturated carbocycles. The molecule has 6 heteroatoms. The summed E-state index contributed by atoms with van der Waals surface area (Å²) in [4.78, 5) is 4.07. The fraction of sp³-hybridized carbons (Fsp3) is 0. The minimum absolute atomic E-state index is 0.515. The molecule has 12 heavy (non-hydrogen) atoms. The topological polar surface area (TPSA) is 67.6 Å². The lowest BCUT2D eigenvalue weighted by molar-refractivity contribution is 1.10. The molecule has 0 radical (unpaired) electrons. The van der Waals surface area contributed by atoms with Gasteiger partial charge in [0.2, 0.25) is 0 Å². The third-order valence-electron chi connectivity index (χ3n) is 1.38. The van der Waals surface area contributed by atoms with Crippen LogP contribution >= 0.6 is 22.9 Å². The monoisotopic (exact) mass is 200 g/mol. The summed E-state index contributed by atoms with van der Waals surface area (Å²) in [7, 11) is 0. The first-order valence-electron chi connectivity index (χ1n) is 3.18. The van der Waals surface area contributed by atoms with E-state index in [0.29, 0.717) is 10.2 Å². The molecule has 2 heterocycles. The summed E-state index contributed by atoms with van der Waals surface area (Å²) in [5.41, 5.74) is 6.39. The average Bonchev–Trinajstić information content (AvgIpc) is 2.58. The lowest BCUT2D eigenvalue weighted by Crippen LogP contribution is -1.86. The molecule has 2 rings (SSSR count). The predicted molar refractivity (Wildman–Crippen MR) is 49.1 cm³/mol. The van der Waals surface area contributed by atoms with Gasteiger partial charge in [0.05, 0.1) is 18.0 Å². The number of nitrogens with one attached hydrogen (secondary N) is 1. The van der Waals surface area contributed by atoms with Gasteiger partial charge in [-0.1, -0.05) is 11.6 Å². The van der Waals surface area contributed by atoms with E-state index in [1.165, 1.54) is 11.3 Å². The standard InChI is InChI=1S/C6H5ClN4S/c7-4-2-9-6(12-4)3-1-10-11-5(3)8/h1-2H,(H3,8,10,11). The number of rotatable bonds is 1. The number of nitrogen functional groups attached to an aromatic ring is 1. The molecule has 0 aliphatic rings. The van der Waals surface area contributed by atoms with Crippen molar-refractivity contribution < 1.29 is 0 Å². The molecule has 0 amide bonds. The highest BCUT2D eigenvalue weighted by Gasteiger charge is 2.07. The van der Waals surface area contributed by atoms with E-state index in [0.717, 1.165) is 10.6 Å². The van der Waals surface area contributed by atoms with E-state index >= 15 is 0 Å². The fourth-order valence-electron chi connectivity index (χ4n) is 0.846. The van der Waals surface area contributed by atoms with Crippen LogP contribution in [0.5, 0.6) is 0 Å². The second-order valence-corrected chi connectivity index (χ2v) is 3.83. The van der Waals surface area contributed by atoms with E-state index in [-0.39, 0.29) is 0 Å². The molecule has 0 saturated heterocycles. The minimum atomic E-state index is 0.515. The van der Waals surface area contributed by atoms with Crippen molar-refractivity contribution in [2.45, 2.75) is 0 Å². The van der Waals surface area contributed by atoms with Gasteiger partial charge < -0.3 is 5.73 Å². The van der Waals surface area contributed by atoms with E-state index in [9.17, 15) is 0 Å². The van der Waals surface area contributed by atoms with Gasteiger partial charge in [-0.2, -0.15) is 5.10 Å². The first-order valence-corrected chi connectivity index (χ1v) is 4.37. The Hall–Kier alpha value is -1.07. The van der Waals surface area contributed by atoms with Crippen LogP contribution in [0.2, 0.25) is 4.34 Å². The SMILES string of the molecule is Nc1[nH]ncc1-c1ncc(Cl)s1. The van der Waals surface area contributed by atoms with Crippen LogP contribution in [0, 0.1) is 0 Å². The predicted octanol–water partition coefficient (Wildman–Crippen LogP) is 1.77. The minimum Gasteiger partial charge on any atom is -0.383 e. The number of thiazole rings is 1. The quantitative estimate of drug-likeness (QED) is 0.737. The van der Waals surface area contributed by atoms with Crippen LogP contribution in [0.4, 0.5) is 5.82 Å². The number of nitrogens with two attached hydrogens (primary N) is 1. The van der Waals surface area contributed by atoms with Crippen molar-refractivity contribution in [2.24, 2.45) is 0 Å². The summed E-state index contributed by atoms with van der Waals surface area (Å²) in [6.45, 7) is 0. The molecule has 0 spiro atoms. The summed E-state index contributed by atoms with van der Waals surface area (Å²) in [5.74, 6) is 0.515. The van der Waals surface area contributed by atoms with Crippen molar-refractivity contribution in [3.63, 3.8) is 0 Å². The molecule has 62 valence electrons. The maximum Gasteiger partial charge on any atom is 0.130 e. The van der Waals surface area contributed by atoms with E-state index < -0.39 is 0 Å². The molecule has 0 bridgehead atoms. The van der Waals surface area contributed by atoms with Crippen LogP contribution in [0.1, 0.15) is 0 Å². The molecule has 3 N–H and O–H groups in total. The highest BCUT2D eigenvalue weighted by atomic mass is 35.5. The number of aromatic amines is 1. The van der Waals surface area contributed by atoms with Crippen molar-refractivity contribution >= 4 is 28.8 Å². The number of H-pyrrole nitrogens is 1. The molecule has 2 aromatic rings. The maximum absolute atomic E-state index is 5.71. The summed E-state index contributed by atoms with van der Waals surface area (Å²) >= 11 is 7.09. The lowest BCUT2D eigenvalue weighted by Gasteiger charge is -1.89. The summed E-state index contributed by atoms with van der Waals surface area (Å²) < 4.78 is 0.644. The fourth-order valence-corrected chi connectivity index (χ4v) is 1.78. The summed E-state index contributed by atoms with van der Waals surface area (Å²) in [5, 5.41) is 7.19. The Labute approximate surface area is 77.4 Å². The van der Waals surface area contributed by atoms with Crippen molar-refractivity contribution in [1.82, 2.24) is 15.2 Å². The highest BCUT2D eigenvalue weighted by Crippen LogP contribution is 2.30. The molecule has 0 atom stereocenters. The summed E-state index contributed by atoms with van der Waals surface area (Å²) in [6.07, 6.45) is 3.22. The van der Waals surface area contributed by atoms with Gasteiger partial charge in [-0.25, -0.2) is 4.98 Å². The number of hydrogen-bond donors (Lipinski definition) is 2. The van der Waals surface area contributed by atoms with E-state index in [1.807, 2.05) is 0 Å². The normalized spacial score (nSPS) is 10.4. The number of aromatic nitrogens is 3. The van der Waals surface area contributed by atoms with Crippen LogP contribution in [-0.4, -0.2) is 15.2 Å². The van der Waals surface area contributed by atoms with Crippen molar-refractivity contribution in [2.75, 3.05) is 5.73 Å². The lowest BCUT2D eigenvalue weighted by atomic mass is 10.3. The second-order valence-electron chi connectivity index (χ2n) is 2.17. The van der Waals surface area contributed by atoms with Crippen molar-refractivity contribution in [1.29, 1.82) is 0 Å². The number of halogens is 1. The number of nitrogens with zero attached hydrogens (tertiary/aromatic N) is 2. The van der Waals surface area contributed by atoms with E-state index in [2.05, 4.69) is 15.2 Å². The molecular formula is C6H5ClN4S. The molecule has 4 nitrogen and oxygen atoms in total. The number of anilines is 1. The van der Waals surface area contributed by atoms with Crippen molar-refractivity contribution in [3.8, 4) is 10.6 Å². The van der Waals surface area contributed by atoms with Gasteiger partial charge in [0.25, 0.3) is 0 Å². The Morgan fingerprint density at radius 1 is 1.50 bits per heavy atom. The molecular weight excluding hydrogens is 196 g/mol. The summed E-state index contributed by atoms with van der Waals surface area (Å²) in [6, 6.07) is 0. The van der Waals surface area contributed by atoms with Crippen LogP contribution in [0.15, 0.2) is 12.4 Å². The smallest absolute Gasteiger partial charge is 0.130 e. The van der Waals surface area contributed by atoms with Gasteiger partial charge in [-0.3, -0.25) is 5.10 Å². The van der Waals surface area contributed by atoms with Gasteiger partial charge in [-0.05, 0) is 0 Å². The third-order valence-corrected chi connectivity index (χ3v) is 2.52. The molecule has 0 aliphatic heterocycles. The molecule has 2 aromatic heterocycles. The van der Waals surface area contributed by atoms with Crippen LogP contribution in [0.25, 0.3) is 10.6 Å². The largest absolute Gasteiger partial charge is 0.383 e. The van der Waals surface area contributed by atoms with Crippen LogP contribution in [-0.2, 0) is 0 Å². The highest BCUT2D eigenvalue weighted by molar-refractivity contribution is 7.18. The van der Waals surface area contributed by atoms with E-state index in [1.54, 1.807) is 12.4 Å². The Morgan fingerprint density at radius 3 is 2.83 bits per heavy atom. The molecule has 0 unspecified atom stereocenters. The van der Waals surface area contributed by atoms with Gasteiger partial charge in [0.15, 0.2) is 0 Å². The zero-order valence-corrected chi connectivity index (χ0v) is 7.49. The van der Waals surface area contributed by atoms with Gasteiger partial charge in [-0.15, -0.1) is 11.3 Å². The Bertz CT molecular complexity index is 394. The molecule has 0 fully saturated rings. The van der Waals surface area contributed by atoms with Gasteiger partial charge in [0.1, 0.15) is 15.2 Å². The Balaban J connectivity index is 2.50. The first kappa shape index (κ1) is 7.57. The van der Waals surface area contributed by atoms with Crippen LogP contribution in [0.3, 0.4) is 0 Å². The maximum atomic E-state index is 5.71. The van der Waals surface area contributed by atoms with Crippen molar-refractivity contribution in [3.05, 3.63) is 16.7 Å². The number of hydrogen-bond acceptors (Lipinski definition) is 4. The van der Waals surface area contributed by atoms with E-state index in [4.69, 9.17) is 17.3 Å². The first-order chi connectivity index (χ1) is 5.77. The van der Waals surface area contributed by atoms with Gasteiger partial charge in [0, 0.05) is 0 Å². The molecule has 0 aliphatic carbocycles. The average molecular weight is 201 g/mol. The molecule has 0 aromatic carbocycles. The Morgan fingerprint density at radius 2 is 2.33 bits per heavy atom.